The van der Waals surface area contributed by atoms with Gasteiger partial charge in [0.25, 0.3) is 11.8 Å². The minimum Gasteiger partial charge on any atom is -0.275 e. The van der Waals surface area contributed by atoms with Crippen LogP contribution in [0.1, 0.15) is 6.42 Å². The Kier molecular flexibility index (Phi) is 2.21. The molecule has 11 heavy (non-hydrogen) atoms. The molecule has 1 rings (SSSR count). The maximum atomic E-state index is 10.9. The minimum absolute atomic E-state index is 0.225. The standard InChI is InChI=1S/C8H9NO2/c1-2-3-6-9-7(10)4-5-8(9)11/h2,4-5H,1,3,6H2. The fraction of sp³-hybridized carbons (Fsp3) is 0.250. The van der Waals surface area contributed by atoms with Gasteiger partial charge in [0.15, 0.2) is 0 Å². The monoisotopic (exact) mass is 151 g/mol. The van der Waals surface area contributed by atoms with Gasteiger partial charge in [-0.15, -0.1) is 6.58 Å². The Morgan fingerprint density at radius 1 is 1.36 bits per heavy atom. The van der Waals surface area contributed by atoms with Gasteiger partial charge in [0, 0.05) is 18.7 Å². The van der Waals surface area contributed by atoms with E-state index < -0.39 is 0 Å². The molecule has 0 spiro atoms. The summed E-state index contributed by atoms with van der Waals surface area (Å²) < 4.78 is 0. The molecule has 3 nitrogen and oxygen atoms in total. The highest BCUT2D eigenvalue weighted by atomic mass is 16.2. The van der Waals surface area contributed by atoms with Crippen LogP contribution < -0.4 is 0 Å². The number of carbonyl (C=O) groups is 2. The summed E-state index contributed by atoms with van der Waals surface area (Å²) in [6.07, 6.45) is 4.90. The van der Waals surface area contributed by atoms with Gasteiger partial charge in [-0.05, 0) is 6.42 Å². The van der Waals surface area contributed by atoms with Crippen molar-refractivity contribution in [3.63, 3.8) is 0 Å². The average molecular weight is 151 g/mol. The zero-order chi connectivity index (χ0) is 8.27. The molecular formula is C8H9NO2. The van der Waals surface area contributed by atoms with Crippen LogP contribution in [0.3, 0.4) is 0 Å². The lowest BCUT2D eigenvalue weighted by molar-refractivity contribution is -0.136. The first-order chi connectivity index (χ1) is 5.25. The van der Waals surface area contributed by atoms with E-state index in [9.17, 15) is 9.59 Å². The summed E-state index contributed by atoms with van der Waals surface area (Å²) in [7, 11) is 0. The molecule has 3 heteroatoms. The largest absolute Gasteiger partial charge is 0.275 e. The summed E-state index contributed by atoms with van der Waals surface area (Å²) >= 11 is 0. The summed E-state index contributed by atoms with van der Waals surface area (Å²) in [6.45, 7) is 3.94. The van der Waals surface area contributed by atoms with Crippen LogP contribution in [-0.2, 0) is 9.59 Å². The summed E-state index contributed by atoms with van der Waals surface area (Å²) in [5.74, 6) is -0.450. The van der Waals surface area contributed by atoms with Crippen LogP contribution >= 0.6 is 0 Å². The third-order valence-corrected chi connectivity index (χ3v) is 1.46. The summed E-state index contributed by atoms with van der Waals surface area (Å²) in [6, 6.07) is 0. The zero-order valence-electron chi connectivity index (χ0n) is 6.12. The molecule has 0 saturated heterocycles. The van der Waals surface area contributed by atoms with Crippen molar-refractivity contribution in [2.24, 2.45) is 0 Å². The Labute approximate surface area is 65.0 Å². The van der Waals surface area contributed by atoms with Gasteiger partial charge in [-0.25, -0.2) is 0 Å². The highest BCUT2D eigenvalue weighted by Gasteiger charge is 2.21. The van der Waals surface area contributed by atoms with Crippen molar-refractivity contribution in [3.05, 3.63) is 24.8 Å². The zero-order valence-corrected chi connectivity index (χ0v) is 6.12. The molecular weight excluding hydrogens is 142 g/mol. The molecule has 0 saturated carbocycles. The molecule has 58 valence electrons. The van der Waals surface area contributed by atoms with Gasteiger partial charge in [0.05, 0.1) is 0 Å². The molecule has 0 radical (unpaired) electrons. The predicted octanol–water partition coefficient (Wildman–Crippen LogP) is 0.488. The number of imide groups is 1. The SMILES string of the molecule is C=CCCN1C(=O)C=CC1=O. The van der Waals surface area contributed by atoms with Crippen molar-refractivity contribution in [3.8, 4) is 0 Å². The molecule has 0 aromatic carbocycles. The van der Waals surface area contributed by atoms with Crippen LogP contribution in [0.15, 0.2) is 24.8 Å². The fourth-order valence-electron chi connectivity index (χ4n) is 0.872. The summed E-state index contributed by atoms with van der Waals surface area (Å²) in [4.78, 5) is 22.9. The molecule has 0 aromatic heterocycles. The molecule has 1 aliphatic rings. The van der Waals surface area contributed by atoms with E-state index in [4.69, 9.17) is 0 Å². The lowest BCUT2D eigenvalue weighted by Gasteiger charge is -2.10. The summed E-state index contributed by atoms with van der Waals surface area (Å²) in [5.41, 5.74) is 0. The van der Waals surface area contributed by atoms with Gasteiger partial charge in [-0.3, -0.25) is 14.5 Å². The molecule has 0 N–H and O–H groups in total. The first-order valence-corrected chi connectivity index (χ1v) is 3.40. The second-order valence-corrected chi connectivity index (χ2v) is 2.24. The van der Waals surface area contributed by atoms with E-state index >= 15 is 0 Å². The van der Waals surface area contributed by atoms with Crippen LogP contribution in [0.25, 0.3) is 0 Å². The van der Waals surface area contributed by atoms with Crippen LogP contribution in [0.2, 0.25) is 0 Å². The first kappa shape index (κ1) is 7.72. The Bertz CT molecular complexity index is 212. The van der Waals surface area contributed by atoms with Crippen LogP contribution in [0.5, 0.6) is 0 Å². The van der Waals surface area contributed by atoms with Gasteiger partial charge in [-0.2, -0.15) is 0 Å². The van der Waals surface area contributed by atoms with Crippen molar-refractivity contribution in [2.45, 2.75) is 6.42 Å². The van der Waals surface area contributed by atoms with E-state index in [0.717, 1.165) is 0 Å². The van der Waals surface area contributed by atoms with E-state index in [2.05, 4.69) is 6.58 Å². The number of hydrogen-bond acceptors (Lipinski definition) is 2. The smallest absolute Gasteiger partial charge is 0.253 e. The van der Waals surface area contributed by atoms with Crippen LogP contribution in [-0.4, -0.2) is 23.3 Å². The third kappa shape index (κ3) is 1.55. The highest BCUT2D eigenvalue weighted by molar-refractivity contribution is 6.12. The Morgan fingerprint density at radius 3 is 2.36 bits per heavy atom. The molecule has 0 aliphatic carbocycles. The second-order valence-electron chi connectivity index (χ2n) is 2.24. The van der Waals surface area contributed by atoms with Gasteiger partial charge in [0.2, 0.25) is 0 Å². The highest BCUT2D eigenvalue weighted by Crippen LogP contribution is 2.03. The van der Waals surface area contributed by atoms with E-state index in [1.807, 2.05) is 0 Å². The van der Waals surface area contributed by atoms with Crippen molar-refractivity contribution in [2.75, 3.05) is 6.54 Å². The van der Waals surface area contributed by atoms with Gasteiger partial charge in [0.1, 0.15) is 0 Å². The molecule has 1 aliphatic heterocycles. The molecule has 2 amide bonds. The van der Waals surface area contributed by atoms with E-state index in [1.54, 1.807) is 6.08 Å². The minimum atomic E-state index is -0.225. The molecule has 0 atom stereocenters. The normalized spacial score (nSPS) is 16.2. The van der Waals surface area contributed by atoms with E-state index in [1.165, 1.54) is 17.1 Å². The maximum Gasteiger partial charge on any atom is 0.253 e. The number of hydrogen-bond donors (Lipinski definition) is 0. The quantitative estimate of drug-likeness (QED) is 0.434. The Hall–Kier alpha value is -1.38. The average Bonchev–Trinajstić information content (AvgIpc) is 2.29. The lowest BCUT2D eigenvalue weighted by atomic mass is 10.4. The van der Waals surface area contributed by atoms with Gasteiger partial charge >= 0.3 is 0 Å². The predicted molar refractivity (Wildman–Crippen MR) is 40.7 cm³/mol. The van der Waals surface area contributed by atoms with Crippen molar-refractivity contribution < 1.29 is 9.59 Å². The number of carbonyl (C=O) groups excluding carboxylic acids is 2. The van der Waals surface area contributed by atoms with E-state index in [-0.39, 0.29) is 11.8 Å². The molecule has 0 fully saturated rings. The molecule has 0 aromatic rings. The fourth-order valence-corrected chi connectivity index (χ4v) is 0.872. The third-order valence-electron chi connectivity index (χ3n) is 1.46. The summed E-state index contributed by atoms with van der Waals surface area (Å²) in [5, 5.41) is 0. The Morgan fingerprint density at radius 2 is 1.91 bits per heavy atom. The van der Waals surface area contributed by atoms with Crippen molar-refractivity contribution >= 4 is 11.8 Å². The maximum absolute atomic E-state index is 10.9. The second kappa shape index (κ2) is 3.14. The topological polar surface area (TPSA) is 37.4 Å². The molecule has 0 unspecified atom stereocenters. The Balaban J connectivity index is 2.52. The number of amides is 2. The number of nitrogens with zero attached hydrogens (tertiary/aromatic N) is 1. The van der Waals surface area contributed by atoms with Crippen molar-refractivity contribution in [1.82, 2.24) is 4.90 Å². The van der Waals surface area contributed by atoms with Crippen LogP contribution in [0, 0.1) is 0 Å². The van der Waals surface area contributed by atoms with Gasteiger partial charge in [-0.1, -0.05) is 6.08 Å². The lowest BCUT2D eigenvalue weighted by Crippen LogP contribution is -2.30. The molecule has 1 heterocycles. The van der Waals surface area contributed by atoms with Crippen molar-refractivity contribution in [1.29, 1.82) is 0 Å². The van der Waals surface area contributed by atoms with Crippen LogP contribution in [0.4, 0.5) is 0 Å². The molecule has 0 bridgehead atoms. The number of rotatable bonds is 3. The van der Waals surface area contributed by atoms with Gasteiger partial charge < -0.3 is 0 Å². The van der Waals surface area contributed by atoms with E-state index in [0.29, 0.717) is 13.0 Å². The first-order valence-electron chi connectivity index (χ1n) is 3.40.